The molecule has 0 radical (unpaired) electrons. The second kappa shape index (κ2) is 5.53. The van der Waals surface area contributed by atoms with Crippen LogP contribution in [0.4, 0.5) is 10.1 Å². The summed E-state index contributed by atoms with van der Waals surface area (Å²) in [6, 6.07) is 8.03. The molecule has 2 rings (SSSR count). The van der Waals surface area contributed by atoms with Gasteiger partial charge in [0, 0.05) is 17.4 Å². The summed E-state index contributed by atoms with van der Waals surface area (Å²) < 4.78 is 13.4. The van der Waals surface area contributed by atoms with Crippen molar-refractivity contribution in [2.75, 3.05) is 5.32 Å². The van der Waals surface area contributed by atoms with Crippen molar-refractivity contribution in [2.45, 2.75) is 0 Å². The predicted molar refractivity (Wildman–Crippen MR) is 74.5 cm³/mol. The van der Waals surface area contributed by atoms with Crippen LogP contribution in [0.5, 0.6) is 0 Å². The Bertz CT molecular complexity index is 645. The van der Waals surface area contributed by atoms with E-state index < -0.39 is 11.7 Å². The van der Waals surface area contributed by atoms with E-state index in [0.717, 1.165) is 6.20 Å². The second-order valence-corrected chi connectivity index (χ2v) is 4.19. The first-order valence-electron chi connectivity index (χ1n) is 5.38. The maximum Gasteiger partial charge on any atom is 0.258 e. The molecule has 0 aliphatic carbocycles. The van der Waals surface area contributed by atoms with Gasteiger partial charge in [-0.2, -0.15) is 0 Å². The number of nitrogens with one attached hydrogen (secondary N) is 1. The Balaban J connectivity index is 2.22. The van der Waals surface area contributed by atoms with Gasteiger partial charge >= 0.3 is 0 Å². The Morgan fingerprint density at radius 3 is 2.84 bits per heavy atom. The fourth-order valence-corrected chi connectivity index (χ4v) is 1.63. The number of carbonyl (C=O) groups excluding carboxylic acids is 1. The van der Waals surface area contributed by atoms with Crippen molar-refractivity contribution in [3.63, 3.8) is 0 Å². The quantitative estimate of drug-likeness (QED) is 0.842. The Hall–Kier alpha value is -2.34. The van der Waals surface area contributed by atoms with Crippen LogP contribution in [0.3, 0.4) is 0 Å². The molecule has 96 valence electrons. The normalized spacial score (nSPS) is 9.95. The summed E-state index contributed by atoms with van der Waals surface area (Å²) in [7, 11) is 0. The fraction of sp³-hybridized carbons (Fsp3) is 0. The van der Waals surface area contributed by atoms with Crippen LogP contribution in [0.15, 0.2) is 42.7 Å². The summed E-state index contributed by atoms with van der Waals surface area (Å²) in [5, 5.41) is 2.57. The minimum absolute atomic E-state index is 0.0734. The maximum atomic E-state index is 13.4. The molecule has 0 bridgehead atoms. The summed E-state index contributed by atoms with van der Waals surface area (Å²) in [6.45, 7) is 0. The van der Waals surface area contributed by atoms with E-state index in [1.54, 1.807) is 24.3 Å². The second-order valence-electron chi connectivity index (χ2n) is 3.75. The lowest BCUT2D eigenvalue weighted by atomic mass is 10.2. The summed E-state index contributed by atoms with van der Waals surface area (Å²) >= 11 is 4.85. The third kappa shape index (κ3) is 3.11. The molecule has 0 saturated carbocycles. The van der Waals surface area contributed by atoms with Gasteiger partial charge in [-0.1, -0.05) is 24.4 Å². The first-order valence-corrected chi connectivity index (χ1v) is 5.79. The molecule has 3 N–H and O–H groups in total. The number of hydrogen-bond acceptors (Lipinski definition) is 3. The zero-order chi connectivity index (χ0) is 13.8. The number of thiocarbonyl (C=S) groups is 1. The van der Waals surface area contributed by atoms with Crippen LogP contribution < -0.4 is 11.1 Å². The number of nitrogens with two attached hydrogens (primary N) is 1. The number of rotatable bonds is 3. The number of amides is 1. The van der Waals surface area contributed by atoms with Crippen molar-refractivity contribution in [1.29, 1.82) is 0 Å². The van der Waals surface area contributed by atoms with E-state index in [-0.39, 0.29) is 10.6 Å². The van der Waals surface area contributed by atoms with E-state index in [1.165, 1.54) is 12.3 Å². The molecule has 1 aromatic carbocycles. The van der Waals surface area contributed by atoms with Crippen molar-refractivity contribution in [2.24, 2.45) is 5.73 Å². The number of aromatic nitrogens is 1. The average Bonchev–Trinajstić information content (AvgIpc) is 2.39. The zero-order valence-electron chi connectivity index (χ0n) is 9.76. The minimum atomic E-state index is -0.675. The van der Waals surface area contributed by atoms with Gasteiger partial charge < -0.3 is 11.1 Å². The molecule has 0 aliphatic heterocycles. The molecule has 0 spiro atoms. The van der Waals surface area contributed by atoms with Crippen LogP contribution in [0.25, 0.3) is 0 Å². The van der Waals surface area contributed by atoms with Crippen LogP contribution in [0.1, 0.15) is 15.9 Å². The van der Waals surface area contributed by atoms with Crippen molar-refractivity contribution >= 4 is 28.8 Å². The van der Waals surface area contributed by atoms with Crippen LogP contribution in [0, 0.1) is 5.82 Å². The molecule has 6 heteroatoms. The van der Waals surface area contributed by atoms with Gasteiger partial charge in [0.15, 0.2) is 5.82 Å². The van der Waals surface area contributed by atoms with Crippen LogP contribution >= 0.6 is 12.2 Å². The molecular weight excluding hydrogens is 265 g/mol. The van der Waals surface area contributed by atoms with Crippen molar-refractivity contribution < 1.29 is 9.18 Å². The summed E-state index contributed by atoms with van der Waals surface area (Å²) in [5.74, 6) is -1.23. The number of nitrogens with zero attached hydrogens (tertiary/aromatic N) is 1. The Kier molecular flexibility index (Phi) is 3.82. The van der Waals surface area contributed by atoms with Crippen molar-refractivity contribution in [3.8, 4) is 0 Å². The maximum absolute atomic E-state index is 13.4. The zero-order valence-corrected chi connectivity index (χ0v) is 10.6. The SMILES string of the molecule is NC(=S)c1cccc(NC(=O)c2ccncc2F)c1. The van der Waals surface area contributed by atoms with E-state index in [4.69, 9.17) is 18.0 Å². The Morgan fingerprint density at radius 1 is 1.37 bits per heavy atom. The molecule has 0 saturated heterocycles. The van der Waals surface area contributed by atoms with Gasteiger partial charge in [-0.3, -0.25) is 9.78 Å². The third-order valence-corrected chi connectivity index (χ3v) is 2.66. The largest absolute Gasteiger partial charge is 0.389 e. The van der Waals surface area contributed by atoms with Crippen molar-refractivity contribution in [1.82, 2.24) is 4.98 Å². The van der Waals surface area contributed by atoms with Gasteiger partial charge in [-0.25, -0.2) is 4.39 Å². The van der Waals surface area contributed by atoms with Gasteiger partial charge in [0.2, 0.25) is 0 Å². The number of halogens is 1. The highest BCUT2D eigenvalue weighted by atomic mass is 32.1. The Labute approximate surface area is 114 Å². The standard InChI is InChI=1S/C13H10FN3OS/c14-11-7-16-5-4-10(11)13(18)17-9-3-1-2-8(6-9)12(15)19/h1-7H,(H2,15,19)(H,17,18). The smallest absolute Gasteiger partial charge is 0.258 e. The molecule has 0 atom stereocenters. The lowest BCUT2D eigenvalue weighted by Crippen LogP contribution is -2.15. The molecule has 1 aromatic heterocycles. The molecule has 0 unspecified atom stereocenters. The molecule has 4 nitrogen and oxygen atoms in total. The van der Waals surface area contributed by atoms with E-state index >= 15 is 0 Å². The molecule has 1 heterocycles. The molecule has 0 fully saturated rings. The van der Waals surface area contributed by atoms with Gasteiger partial charge in [-0.05, 0) is 18.2 Å². The van der Waals surface area contributed by atoms with Crippen LogP contribution in [-0.4, -0.2) is 15.9 Å². The topological polar surface area (TPSA) is 68.0 Å². The highest BCUT2D eigenvalue weighted by Crippen LogP contribution is 2.13. The van der Waals surface area contributed by atoms with Gasteiger partial charge in [-0.15, -0.1) is 0 Å². The van der Waals surface area contributed by atoms with Gasteiger partial charge in [0.1, 0.15) is 4.99 Å². The monoisotopic (exact) mass is 275 g/mol. The highest BCUT2D eigenvalue weighted by Gasteiger charge is 2.11. The van der Waals surface area contributed by atoms with E-state index in [2.05, 4.69) is 10.3 Å². The molecule has 2 aromatic rings. The average molecular weight is 275 g/mol. The summed E-state index contributed by atoms with van der Waals surface area (Å²) in [5.41, 5.74) is 6.55. The summed E-state index contributed by atoms with van der Waals surface area (Å²) in [6.07, 6.45) is 2.34. The first kappa shape index (κ1) is 13.1. The minimum Gasteiger partial charge on any atom is -0.389 e. The Morgan fingerprint density at radius 2 is 2.16 bits per heavy atom. The third-order valence-electron chi connectivity index (χ3n) is 2.42. The fourth-order valence-electron chi connectivity index (χ4n) is 1.51. The molecule has 1 amide bonds. The predicted octanol–water partition coefficient (Wildman–Crippen LogP) is 2.11. The first-order chi connectivity index (χ1) is 9.08. The number of anilines is 1. The van der Waals surface area contributed by atoms with E-state index in [1.807, 2.05) is 0 Å². The van der Waals surface area contributed by atoms with Gasteiger partial charge in [0.25, 0.3) is 5.91 Å². The number of hydrogen-bond donors (Lipinski definition) is 2. The molecule has 0 aliphatic rings. The molecular formula is C13H10FN3OS. The lowest BCUT2D eigenvalue weighted by Gasteiger charge is -2.07. The van der Waals surface area contributed by atoms with Crippen LogP contribution in [0.2, 0.25) is 0 Å². The van der Waals surface area contributed by atoms with E-state index in [0.29, 0.717) is 11.3 Å². The molecule has 19 heavy (non-hydrogen) atoms. The van der Waals surface area contributed by atoms with Crippen molar-refractivity contribution in [3.05, 3.63) is 59.7 Å². The highest BCUT2D eigenvalue weighted by molar-refractivity contribution is 7.80. The van der Waals surface area contributed by atoms with Gasteiger partial charge in [0.05, 0.1) is 11.8 Å². The van der Waals surface area contributed by atoms with Crippen LogP contribution in [-0.2, 0) is 0 Å². The number of pyridine rings is 1. The number of carbonyl (C=O) groups is 1. The van der Waals surface area contributed by atoms with E-state index in [9.17, 15) is 9.18 Å². The number of benzene rings is 1. The summed E-state index contributed by atoms with van der Waals surface area (Å²) in [4.78, 5) is 15.7. The lowest BCUT2D eigenvalue weighted by molar-refractivity contribution is 0.102.